The van der Waals surface area contributed by atoms with Gasteiger partial charge in [-0.25, -0.2) is 13.8 Å². The highest BCUT2D eigenvalue weighted by atomic mass is 19.4. The summed E-state index contributed by atoms with van der Waals surface area (Å²) in [7, 11) is 3.32. The van der Waals surface area contributed by atoms with Crippen molar-refractivity contribution in [3.05, 3.63) is 95.1 Å². The second-order valence-electron chi connectivity index (χ2n) is 12.4. The minimum absolute atomic E-state index is 0.00244. The zero-order chi connectivity index (χ0) is 34.8. The highest BCUT2D eigenvalue weighted by Crippen LogP contribution is 2.48. The van der Waals surface area contributed by atoms with Crippen molar-refractivity contribution in [2.75, 3.05) is 43.5 Å². The second kappa shape index (κ2) is 12.1. The van der Waals surface area contributed by atoms with E-state index in [2.05, 4.69) is 10.3 Å². The number of carbonyl (C=O) groups excluding carboxylic acids is 2. The van der Waals surface area contributed by atoms with Crippen LogP contribution in [0.1, 0.15) is 33.6 Å². The molecule has 0 bridgehead atoms. The van der Waals surface area contributed by atoms with Gasteiger partial charge in [-0.3, -0.25) is 14.5 Å². The molecule has 0 unspecified atom stereocenters. The molecule has 49 heavy (non-hydrogen) atoms. The average molecular weight is 679 g/mol. The SMILES string of the molecule is CN1CCc2cc(C(=O)c3cc(F)c(NC(=O)/C=C/CN4CC[C@H]4CO)c(F)c3)n3cccc(c23)-c2c(C(F)(F)F)cc3c(ncn3C)c21. The molecule has 0 aliphatic carbocycles. The Bertz CT molecular complexity index is 2160. The number of carbonyl (C=O) groups is 2. The van der Waals surface area contributed by atoms with Crippen LogP contribution in [0.2, 0.25) is 0 Å². The number of likely N-dealkylation sites (N-methyl/N-ethyl adjacent to an activating group) is 1. The number of aliphatic hydroxyl groups excluding tert-OH is 1. The molecule has 0 spiro atoms. The Morgan fingerprint density at radius 1 is 1.10 bits per heavy atom. The third-order valence-electron chi connectivity index (χ3n) is 9.41. The molecule has 5 aromatic rings. The number of halogens is 5. The molecular weight excluding hydrogens is 647 g/mol. The van der Waals surface area contributed by atoms with E-state index in [1.165, 1.54) is 33.6 Å². The molecule has 1 saturated heterocycles. The standard InChI is InChI=1S/C35H31F5N6O3/c1-43-11-7-19-15-27(34(49)20-13-24(36)30(25(37)14-20)42-28(48)6-4-9-45-12-8-21(45)17-47)46-10-3-5-22(32(19)46)29-23(35(38,39)40)16-26-31(33(29)43)41-18-44(26)2/h3-6,10,13-16,18,21,47H,7-9,11-12,17H2,1-2H3,(H,42,48)/b6-4+/t21-/m0/s1. The molecule has 1 fully saturated rings. The number of benzene rings is 2. The highest BCUT2D eigenvalue weighted by Gasteiger charge is 2.39. The Hall–Kier alpha value is -5.08. The summed E-state index contributed by atoms with van der Waals surface area (Å²) in [5.41, 5.74) is 0.251. The number of amides is 1. The monoisotopic (exact) mass is 678 g/mol. The molecule has 254 valence electrons. The van der Waals surface area contributed by atoms with Crippen LogP contribution >= 0.6 is 0 Å². The first-order valence-electron chi connectivity index (χ1n) is 15.6. The van der Waals surface area contributed by atoms with E-state index in [9.17, 15) is 27.9 Å². The van der Waals surface area contributed by atoms with E-state index < -0.39 is 40.8 Å². The maximum atomic E-state index is 15.2. The fourth-order valence-electron chi connectivity index (χ4n) is 6.80. The van der Waals surface area contributed by atoms with Crippen molar-refractivity contribution in [3.63, 3.8) is 0 Å². The first-order chi connectivity index (χ1) is 23.4. The van der Waals surface area contributed by atoms with Gasteiger partial charge >= 0.3 is 6.18 Å². The van der Waals surface area contributed by atoms with Gasteiger partial charge in [-0.05, 0) is 48.7 Å². The molecule has 2 aliphatic rings. The van der Waals surface area contributed by atoms with Crippen LogP contribution in [0, 0.1) is 11.6 Å². The average Bonchev–Trinajstić information content (AvgIpc) is 3.61. The number of hydrogen-bond acceptors (Lipinski definition) is 6. The van der Waals surface area contributed by atoms with Crippen LogP contribution in [-0.2, 0) is 24.4 Å². The Kier molecular flexibility index (Phi) is 8.02. The van der Waals surface area contributed by atoms with Crippen LogP contribution in [0.4, 0.5) is 33.3 Å². The summed E-state index contributed by atoms with van der Waals surface area (Å²) in [6.45, 7) is 1.46. The summed E-state index contributed by atoms with van der Waals surface area (Å²) in [6.07, 6.45) is 2.14. The van der Waals surface area contributed by atoms with Crippen molar-refractivity contribution < 1.29 is 36.6 Å². The van der Waals surface area contributed by atoms with E-state index in [1.54, 1.807) is 31.1 Å². The number of aromatic nitrogens is 3. The predicted octanol–water partition coefficient (Wildman–Crippen LogP) is 5.57. The van der Waals surface area contributed by atoms with Gasteiger partial charge in [0, 0.05) is 68.7 Å². The lowest BCUT2D eigenvalue weighted by Gasteiger charge is -2.39. The molecule has 1 atom stereocenters. The Balaban J connectivity index is 1.26. The zero-order valence-electron chi connectivity index (χ0n) is 26.5. The van der Waals surface area contributed by atoms with Gasteiger partial charge in [-0.15, -0.1) is 0 Å². The fourth-order valence-corrected chi connectivity index (χ4v) is 6.80. The summed E-state index contributed by atoms with van der Waals surface area (Å²) < 4.78 is 77.6. The number of alkyl halides is 3. The quantitative estimate of drug-likeness (QED) is 0.133. The van der Waals surface area contributed by atoms with Crippen LogP contribution in [0.25, 0.3) is 27.7 Å². The third-order valence-corrected chi connectivity index (χ3v) is 9.41. The number of nitrogens with zero attached hydrogens (tertiary/aromatic N) is 5. The summed E-state index contributed by atoms with van der Waals surface area (Å²) in [5.74, 6) is -3.87. The number of ketones is 1. The normalized spacial score (nSPS) is 16.6. The molecule has 7 rings (SSSR count). The zero-order valence-corrected chi connectivity index (χ0v) is 26.5. The van der Waals surface area contributed by atoms with E-state index in [1.807, 2.05) is 4.90 Å². The van der Waals surface area contributed by atoms with E-state index in [4.69, 9.17) is 0 Å². The Morgan fingerprint density at radius 2 is 1.86 bits per heavy atom. The van der Waals surface area contributed by atoms with E-state index in [0.29, 0.717) is 47.3 Å². The number of anilines is 2. The maximum absolute atomic E-state index is 15.2. The van der Waals surface area contributed by atoms with E-state index >= 15 is 8.78 Å². The summed E-state index contributed by atoms with van der Waals surface area (Å²) in [4.78, 5) is 34.4. The number of aliphatic hydroxyl groups is 1. The number of pyridine rings is 1. The fraction of sp³-hybridized carbons (Fsp3) is 0.286. The van der Waals surface area contributed by atoms with E-state index in [0.717, 1.165) is 37.2 Å². The molecule has 2 aliphatic heterocycles. The third kappa shape index (κ3) is 5.54. The minimum atomic E-state index is -4.72. The van der Waals surface area contributed by atoms with Gasteiger partial charge in [0.2, 0.25) is 11.7 Å². The van der Waals surface area contributed by atoms with Crippen LogP contribution in [0.5, 0.6) is 0 Å². The molecule has 2 aromatic carbocycles. The van der Waals surface area contributed by atoms with Crippen LogP contribution in [0.3, 0.4) is 0 Å². The number of hydrogen-bond donors (Lipinski definition) is 2. The molecule has 3 aromatic heterocycles. The Labute approximate surface area is 276 Å². The lowest BCUT2D eigenvalue weighted by molar-refractivity contribution is -0.137. The van der Waals surface area contributed by atoms with Gasteiger partial charge in [0.1, 0.15) is 22.8 Å². The lowest BCUT2D eigenvalue weighted by Crippen LogP contribution is -2.49. The van der Waals surface area contributed by atoms with Crippen LogP contribution in [0.15, 0.2) is 61.1 Å². The number of nitrogens with one attached hydrogen (secondary N) is 1. The van der Waals surface area contributed by atoms with Crippen molar-refractivity contribution in [1.82, 2.24) is 18.9 Å². The largest absolute Gasteiger partial charge is 0.417 e. The summed E-state index contributed by atoms with van der Waals surface area (Å²) in [6, 6.07) is 7.37. The van der Waals surface area contributed by atoms with Crippen molar-refractivity contribution in [2.24, 2.45) is 7.05 Å². The van der Waals surface area contributed by atoms with Gasteiger partial charge in [0.05, 0.1) is 40.9 Å². The van der Waals surface area contributed by atoms with Gasteiger partial charge in [0.15, 0.2) is 0 Å². The number of fused-ring (bicyclic) bond motifs is 4. The van der Waals surface area contributed by atoms with Crippen LogP contribution < -0.4 is 10.2 Å². The highest BCUT2D eigenvalue weighted by molar-refractivity contribution is 6.11. The smallest absolute Gasteiger partial charge is 0.395 e. The number of likely N-dealkylation sites (tertiary alicyclic amines) is 1. The summed E-state index contributed by atoms with van der Waals surface area (Å²) >= 11 is 0. The van der Waals surface area contributed by atoms with Crippen molar-refractivity contribution in [3.8, 4) is 11.1 Å². The molecule has 14 heteroatoms. The predicted molar refractivity (Wildman–Crippen MR) is 174 cm³/mol. The van der Waals surface area contributed by atoms with Gasteiger partial charge in [-0.1, -0.05) is 12.1 Å². The molecule has 1 amide bonds. The number of rotatable bonds is 7. The lowest BCUT2D eigenvalue weighted by atomic mass is 9.92. The number of imidazole rings is 1. The molecule has 0 saturated carbocycles. The van der Waals surface area contributed by atoms with Gasteiger partial charge < -0.3 is 24.3 Å². The number of aryl methyl sites for hydroxylation is 1. The van der Waals surface area contributed by atoms with E-state index in [-0.39, 0.29) is 35.0 Å². The first kappa shape index (κ1) is 32.5. The Morgan fingerprint density at radius 3 is 2.53 bits per heavy atom. The molecule has 5 heterocycles. The van der Waals surface area contributed by atoms with Crippen molar-refractivity contribution in [1.29, 1.82) is 0 Å². The molecule has 9 nitrogen and oxygen atoms in total. The summed E-state index contributed by atoms with van der Waals surface area (Å²) in [5, 5.41) is 11.5. The van der Waals surface area contributed by atoms with Crippen molar-refractivity contribution in [2.45, 2.75) is 25.1 Å². The van der Waals surface area contributed by atoms with Gasteiger partial charge in [-0.2, -0.15) is 13.2 Å². The molecule has 0 radical (unpaired) electrons. The topological polar surface area (TPSA) is 95.1 Å². The van der Waals surface area contributed by atoms with Gasteiger partial charge in [0.25, 0.3) is 0 Å². The van der Waals surface area contributed by atoms with Crippen LogP contribution in [-0.4, -0.2) is 75.0 Å². The maximum Gasteiger partial charge on any atom is 0.417 e. The second-order valence-corrected chi connectivity index (χ2v) is 12.4. The molecular formula is C35H31F5N6O3. The minimum Gasteiger partial charge on any atom is -0.395 e. The first-order valence-corrected chi connectivity index (χ1v) is 15.6. The molecule has 2 N–H and O–H groups in total. The van der Waals surface area contributed by atoms with Crippen molar-refractivity contribution >= 4 is 39.6 Å².